The molecule has 0 amide bonds. The minimum absolute atomic E-state index is 0.132. The van der Waals surface area contributed by atoms with Crippen molar-refractivity contribution >= 4 is 5.78 Å². The summed E-state index contributed by atoms with van der Waals surface area (Å²) < 4.78 is 23.5. The summed E-state index contributed by atoms with van der Waals surface area (Å²) in [5.41, 5.74) is 0.701. The van der Waals surface area contributed by atoms with Gasteiger partial charge in [0.1, 0.15) is 5.82 Å². The van der Waals surface area contributed by atoms with Gasteiger partial charge in [-0.3, -0.25) is 4.79 Å². The fraction of sp³-hybridized carbons (Fsp3) is 0.300. The maximum atomic E-state index is 12.3. The average Bonchev–Trinajstić information content (AvgIpc) is 2.72. The third-order valence-corrected chi connectivity index (χ3v) is 1.65. The highest BCUT2D eigenvalue weighted by atomic mass is 19.1. The van der Waals surface area contributed by atoms with Gasteiger partial charge < -0.3 is 0 Å². The number of Topliss-reactive ketones (excluding diaryl/α,β-unsaturated/α-hetero) is 1. The summed E-state index contributed by atoms with van der Waals surface area (Å²) in [6.07, 6.45) is -0.921. The van der Waals surface area contributed by atoms with Crippen LogP contribution in [0, 0.1) is 12.7 Å². The van der Waals surface area contributed by atoms with Crippen molar-refractivity contribution in [1.82, 2.24) is 0 Å². The van der Waals surface area contributed by atoms with E-state index in [-0.39, 0.29) is 18.0 Å². The summed E-state index contributed by atoms with van der Waals surface area (Å²) in [4.78, 5) is 9.51. The van der Waals surface area contributed by atoms with Crippen molar-refractivity contribution in [3.63, 3.8) is 0 Å². The summed E-state index contributed by atoms with van der Waals surface area (Å²) in [5.74, 6) is -0.377. The number of hydrogen-bond acceptors (Lipinski definition) is 1. The molecule has 1 atom stereocenters. The number of carbonyl (C=O) groups is 1. The highest BCUT2D eigenvalue weighted by Crippen LogP contribution is 2.16. The van der Waals surface area contributed by atoms with E-state index in [0.29, 0.717) is 5.56 Å². The fourth-order valence-corrected chi connectivity index (χ4v) is 0.669. The summed E-state index contributed by atoms with van der Waals surface area (Å²) in [7, 11) is 0. The zero-order valence-electron chi connectivity index (χ0n) is 7.26. The Labute approximate surface area is 75.4 Å². The van der Waals surface area contributed by atoms with Gasteiger partial charge in [0.25, 0.3) is 0 Å². The molecule has 0 bridgehead atoms. The monoisotopic (exact) mass is 184 g/mol. The molecule has 1 aromatic rings. The molecule has 1 fully saturated rings. The van der Waals surface area contributed by atoms with Gasteiger partial charge in [-0.15, -0.1) is 0 Å². The predicted octanol–water partition coefficient (Wildman–Crippen LogP) is 2.43. The molecule has 1 unspecified atom stereocenters. The van der Waals surface area contributed by atoms with E-state index in [4.69, 9.17) is 0 Å². The summed E-state index contributed by atoms with van der Waals surface area (Å²) >= 11 is 0. The zero-order valence-corrected chi connectivity index (χ0v) is 7.26. The largest absolute Gasteiger partial charge is 0.296 e. The van der Waals surface area contributed by atoms with Gasteiger partial charge in [0.15, 0.2) is 12.0 Å². The Hall–Kier alpha value is -1.25. The van der Waals surface area contributed by atoms with Crippen molar-refractivity contribution in [2.75, 3.05) is 0 Å². The van der Waals surface area contributed by atoms with Crippen molar-refractivity contribution in [1.29, 1.82) is 0 Å². The highest BCUT2D eigenvalue weighted by molar-refractivity contribution is 5.98. The molecular weight excluding hydrogens is 174 g/mol. The number of benzene rings is 1. The molecule has 0 aromatic heterocycles. The number of rotatable bonds is 0. The van der Waals surface area contributed by atoms with Crippen LogP contribution in [0.5, 0.6) is 0 Å². The number of hydrogen-bond donors (Lipinski definition) is 0. The highest BCUT2D eigenvalue weighted by Gasteiger charge is 2.34. The first-order chi connectivity index (χ1) is 6.11. The Morgan fingerprint density at radius 3 is 2.08 bits per heavy atom. The second-order valence-corrected chi connectivity index (χ2v) is 2.89. The van der Waals surface area contributed by atoms with E-state index in [1.54, 1.807) is 19.1 Å². The Balaban J connectivity index is 0.000000145. The third-order valence-electron chi connectivity index (χ3n) is 1.65. The van der Waals surface area contributed by atoms with Crippen molar-refractivity contribution in [3.05, 3.63) is 35.6 Å². The molecule has 1 saturated carbocycles. The Kier molecular flexibility index (Phi) is 3.12. The van der Waals surface area contributed by atoms with E-state index >= 15 is 0 Å². The Bertz CT molecular complexity index is 289. The molecule has 2 rings (SSSR count). The lowest BCUT2D eigenvalue weighted by Gasteiger charge is -1.89. The summed E-state index contributed by atoms with van der Waals surface area (Å²) in [5, 5.41) is 0. The van der Waals surface area contributed by atoms with Gasteiger partial charge in [0.2, 0.25) is 0 Å². The normalized spacial score (nSPS) is 19.0. The van der Waals surface area contributed by atoms with Crippen LogP contribution in [0.1, 0.15) is 12.0 Å². The zero-order chi connectivity index (χ0) is 9.84. The van der Waals surface area contributed by atoms with Gasteiger partial charge in [-0.05, 0) is 18.6 Å². The van der Waals surface area contributed by atoms with Crippen molar-refractivity contribution in [2.45, 2.75) is 19.5 Å². The smallest absolute Gasteiger partial charge is 0.170 e. The van der Waals surface area contributed by atoms with Crippen molar-refractivity contribution < 1.29 is 13.6 Å². The fourth-order valence-electron chi connectivity index (χ4n) is 0.669. The van der Waals surface area contributed by atoms with Crippen LogP contribution in [0.3, 0.4) is 0 Å². The minimum atomic E-state index is -1.09. The first-order valence-corrected chi connectivity index (χ1v) is 3.99. The molecule has 0 aliphatic heterocycles. The molecule has 3 heteroatoms. The van der Waals surface area contributed by atoms with E-state index in [1.807, 2.05) is 6.07 Å². The van der Waals surface area contributed by atoms with E-state index in [2.05, 4.69) is 0 Å². The predicted molar refractivity (Wildman–Crippen MR) is 45.7 cm³/mol. The third kappa shape index (κ3) is 3.32. The van der Waals surface area contributed by atoms with Gasteiger partial charge in [0, 0.05) is 6.42 Å². The van der Waals surface area contributed by atoms with Gasteiger partial charge in [-0.25, -0.2) is 8.78 Å². The lowest BCUT2D eigenvalue weighted by molar-refractivity contribution is -0.111. The molecule has 13 heavy (non-hydrogen) atoms. The van der Waals surface area contributed by atoms with Crippen LogP contribution in [-0.2, 0) is 4.79 Å². The topological polar surface area (TPSA) is 17.1 Å². The van der Waals surface area contributed by atoms with Crippen molar-refractivity contribution in [2.24, 2.45) is 0 Å². The minimum Gasteiger partial charge on any atom is -0.296 e. The van der Waals surface area contributed by atoms with Crippen LogP contribution in [0.4, 0.5) is 8.78 Å². The number of aryl methyl sites for hydroxylation is 1. The second-order valence-electron chi connectivity index (χ2n) is 2.89. The number of carbonyl (C=O) groups excluding carboxylic acids is 1. The number of alkyl halides is 1. The Morgan fingerprint density at radius 1 is 1.38 bits per heavy atom. The Morgan fingerprint density at radius 2 is 1.85 bits per heavy atom. The molecule has 70 valence electrons. The standard InChI is InChI=1S/C7H7F.C3H3FO/c1-6-4-2-3-5-7(6)8;4-2-1-3(2)5/h2-5H,1H3;2H,1H2. The quantitative estimate of drug-likeness (QED) is 0.605. The van der Waals surface area contributed by atoms with Gasteiger partial charge in [0.05, 0.1) is 0 Å². The summed E-state index contributed by atoms with van der Waals surface area (Å²) in [6.45, 7) is 1.75. The maximum absolute atomic E-state index is 12.3. The summed E-state index contributed by atoms with van der Waals surface area (Å²) in [6, 6.07) is 6.70. The maximum Gasteiger partial charge on any atom is 0.170 e. The van der Waals surface area contributed by atoms with E-state index in [0.717, 1.165) is 0 Å². The van der Waals surface area contributed by atoms with Gasteiger partial charge in [-0.1, -0.05) is 18.2 Å². The van der Waals surface area contributed by atoms with Crippen LogP contribution in [0.25, 0.3) is 0 Å². The molecule has 1 aliphatic rings. The first-order valence-electron chi connectivity index (χ1n) is 3.99. The molecule has 1 aliphatic carbocycles. The van der Waals surface area contributed by atoms with Crippen LogP contribution in [0.15, 0.2) is 24.3 Å². The van der Waals surface area contributed by atoms with E-state index in [9.17, 15) is 13.6 Å². The van der Waals surface area contributed by atoms with Gasteiger partial charge >= 0.3 is 0 Å². The first kappa shape index (κ1) is 9.84. The molecule has 0 spiro atoms. The van der Waals surface area contributed by atoms with Crippen LogP contribution >= 0.6 is 0 Å². The van der Waals surface area contributed by atoms with Crippen LogP contribution in [0.2, 0.25) is 0 Å². The molecule has 0 heterocycles. The number of halogens is 2. The number of ketones is 1. The molecule has 1 nitrogen and oxygen atoms in total. The van der Waals surface area contributed by atoms with Crippen LogP contribution < -0.4 is 0 Å². The SMILES string of the molecule is Cc1ccccc1F.O=C1CC1F. The van der Waals surface area contributed by atoms with Gasteiger partial charge in [-0.2, -0.15) is 0 Å². The van der Waals surface area contributed by atoms with Crippen molar-refractivity contribution in [3.8, 4) is 0 Å². The molecule has 0 radical (unpaired) electrons. The second kappa shape index (κ2) is 4.12. The average molecular weight is 184 g/mol. The lowest BCUT2D eigenvalue weighted by Crippen LogP contribution is -1.76. The van der Waals surface area contributed by atoms with E-state index in [1.165, 1.54) is 6.07 Å². The van der Waals surface area contributed by atoms with E-state index < -0.39 is 6.17 Å². The molecule has 0 saturated heterocycles. The lowest BCUT2D eigenvalue weighted by atomic mass is 10.2. The molecule has 0 N–H and O–H groups in total. The molecular formula is C10H10F2O. The van der Waals surface area contributed by atoms with Crippen LogP contribution in [-0.4, -0.2) is 12.0 Å². The molecule has 1 aromatic carbocycles.